The lowest BCUT2D eigenvalue weighted by molar-refractivity contribution is -0.145. The number of ether oxygens (including phenoxy) is 2. The van der Waals surface area contributed by atoms with Crippen LogP contribution < -0.4 is 10.5 Å². The van der Waals surface area contributed by atoms with Crippen molar-refractivity contribution in [1.82, 2.24) is 4.57 Å². The number of halogens is 1. The summed E-state index contributed by atoms with van der Waals surface area (Å²) in [6.45, 7) is 0.266. The molecule has 0 fully saturated rings. The molecule has 0 amide bonds. The van der Waals surface area contributed by atoms with Crippen molar-refractivity contribution in [1.29, 1.82) is 0 Å². The van der Waals surface area contributed by atoms with Crippen LogP contribution in [0.15, 0.2) is 51.7 Å². The molecule has 0 radical (unpaired) electrons. The van der Waals surface area contributed by atoms with Gasteiger partial charge in [0.05, 0.1) is 12.6 Å². The van der Waals surface area contributed by atoms with Crippen molar-refractivity contribution >= 4 is 17.1 Å². The van der Waals surface area contributed by atoms with Gasteiger partial charge in [-0.15, -0.1) is 0 Å². The van der Waals surface area contributed by atoms with Crippen molar-refractivity contribution < 1.29 is 23.1 Å². The molecule has 0 aliphatic carbocycles. The summed E-state index contributed by atoms with van der Waals surface area (Å²) in [5.74, 6) is -0.861. The van der Waals surface area contributed by atoms with Crippen LogP contribution in [-0.2, 0) is 22.7 Å². The highest BCUT2D eigenvalue weighted by Gasteiger charge is 2.11. The van der Waals surface area contributed by atoms with Crippen molar-refractivity contribution in [3.05, 3.63) is 64.4 Å². The minimum absolute atomic E-state index is 0.0750. The van der Waals surface area contributed by atoms with Crippen LogP contribution in [-0.4, -0.2) is 17.6 Å². The van der Waals surface area contributed by atoms with Gasteiger partial charge in [-0.05, 0) is 36.8 Å². The van der Waals surface area contributed by atoms with E-state index in [2.05, 4.69) is 0 Å². The number of nitrogens with zero attached hydrogens (tertiary/aromatic N) is 1. The lowest BCUT2D eigenvalue weighted by Crippen LogP contribution is -2.15. The summed E-state index contributed by atoms with van der Waals surface area (Å²) in [6.07, 6.45) is 0.548. The smallest absolute Gasteiger partial charge is 0.419 e. The number of oxazole rings is 1. The van der Waals surface area contributed by atoms with Crippen LogP contribution in [0.2, 0.25) is 0 Å². The monoisotopic (exact) mass is 359 g/mol. The van der Waals surface area contributed by atoms with Gasteiger partial charge in [-0.3, -0.25) is 9.36 Å². The van der Waals surface area contributed by atoms with E-state index in [-0.39, 0.29) is 13.0 Å². The first kappa shape index (κ1) is 17.7. The normalized spacial score (nSPS) is 10.8. The van der Waals surface area contributed by atoms with Crippen LogP contribution >= 0.6 is 0 Å². The number of esters is 1. The van der Waals surface area contributed by atoms with Gasteiger partial charge >= 0.3 is 11.7 Å². The summed E-state index contributed by atoms with van der Waals surface area (Å²) in [4.78, 5) is 23.8. The molecule has 2 aromatic carbocycles. The predicted octanol–water partition coefficient (Wildman–Crippen LogP) is 3.27. The number of hydrogen-bond donors (Lipinski definition) is 0. The Morgan fingerprint density at radius 1 is 1.23 bits per heavy atom. The van der Waals surface area contributed by atoms with Crippen LogP contribution in [0.25, 0.3) is 11.1 Å². The fourth-order valence-electron chi connectivity index (χ4n) is 2.70. The largest absolute Gasteiger partial charge is 0.496 e. The first-order chi connectivity index (χ1) is 12.6. The Hall–Kier alpha value is -3.09. The van der Waals surface area contributed by atoms with Crippen molar-refractivity contribution in [3.8, 4) is 5.75 Å². The van der Waals surface area contributed by atoms with Crippen LogP contribution in [0.5, 0.6) is 5.75 Å². The maximum Gasteiger partial charge on any atom is 0.419 e. The lowest BCUT2D eigenvalue weighted by atomic mass is 10.2. The summed E-state index contributed by atoms with van der Waals surface area (Å²) in [7, 11) is 1.46. The second-order valence-electron chi connectivity index (χ2n) is 5.71. The Morgan fingerprint density at radius 3 is 2.85 bits per heavy atom. The molecule has 0 saturated carbocycles. The quantitative estimate of drug-likeness (QED) is 0.606. The van der Waals surface area contributed by atoms with E-state index in [1.807, 2.05) is 6.07 Å². The van der Waals surface area contributed by atoms with E-state index >= 15 is 0 Å². The Balaban J connectivity index is 1.54. The molecule has 26 heavy (non-hydrogen) atoms. The SMILES string of the molecule is COc1ccc(F)cc1COC(=O)CCCn1c(=O)oc2ccccc21. The highest BCUT2D eigenvalue weighted by molar-refractivity contribution is 5.72. The van der Waals surface area contributed by atoms with E-state index in [9.17, 15) is 14.0 Å². The van der Waals surface area contributed by atoms with Crippen LogP contribution in [0.1, 0.15) is 18.4 Å². The number of para-hydroxylation sites is 2. The molecule has 7 heteroatoms. The van der Waals surface area contributed by atoms with E-state index < -0.39 is 17.5 Å². The lowest BCUT2D eigenvalue weighted by Gasteiger charge is -2.09. The molecule has 0 N–H and O–H groups in total. The molecule has 1 aromatic heterocycles. The molecule has 0 bridgehead atoms. The maximum absolute atomic E-state index is 13.3. The first-order valence-corrected chi connectivity index (χ1v) is 8.15. The molecule has 136 valence electrons. The average molecular weight is 359 g/mol. The Labute approximate surface area is 148 Å². The van der Waals surface area contributed by atoms with Gasteiger partial charge in [0, 0.05) is 18.5 Å². The van der Waals surface area contributed by atoms with Gasteiger partial charge in [-0.2, -0.15) is 0 Å². The number of carbonyl (C=O) groups excluding carboxylic acids is 1. The third-order valence-corrected chi connectivity index (χ3v) is 3.97. The zero-order valence-corrected chi connectivity index (χ0v) is 14.2. The Morgan fingerprint density at radius 2 is 2.04 bits per heavy atom. The summed E-state index contributed by atoms with van der Waals surface area (Å²) in [5.41, 5.74) is 1.66. The molecule has 3 aromatic rings. The van der Waals surface area contributed by atoms with E-state index in [4.69, 9.17) is 13.9 Å². The van der Waals surface area contributed by atoms with E-state index in [1.165, 1.54) is 29.9 Å². The Kier molecular flexibility index (Phi) is 5.36. The van der Waals surface area contributed by atoms with E-state index in [0.29, 0.717) is 35.4 Å². The standard InChI is InChI=1S/C19H18FNO5/c1-24-16-9-8-14(20)11-13(16)12-25-18(22)7-4-10-21-15-5-2-3-6-17(15)26-19(21)23/h2-3,5-6,8-9,11H,4,7,10,12H2,1H3. The van der Waals surface area contributed by atoms with Gasteiger partial charge in [0.1, 0.15) is 18.2 Å². The number of aryl methyl sites for hydroxylation is 1. The molecule has 0 unspecified atom stereocenters. The molecule has 0 saturated heterocycles. The van der Waals surface area contributed by atoms with Crippen molar-refractivity contribution in [2.45, 2.75) is 26.0 Å². The maximum atomic E-state index is 13.3. The highest BCUT2D eigenvalue weighted by Crippen LogP contribution is 2.20. The average Bonchev–Trinajstić information content (AvgIpc) is 2.95. The summed E-state index contributed by atoms with van der Waals surface area (Å²) in [5, 5.41) is 0. The Bertz CT molecular complexity index is 975. The molecule has 0 atom stereocenters. The fourth-order valence-corrected chi connectivity index (χ4v) is 2.70. The second-order valence-corrected chi connectivity index (χ2v) is 5.71. The van der Waals surface area contributed by atoms with E-state index in [1.54, 1.807) is 18.2 Å². The number of benzene rings is 2. The van der Waals surface area contributed by atoms with E-state index in [0.717, 1.165) is 0 Å². The van der Waals surface area contributed by atoms with Gasteiger partial charge < -0.3 is 13.9 Å². The number of rotatable bonds is 7. The molecular formula is C19H18FNO5. The van der Waals surface area contributed by atoms with Crippen LogP contribution in [0.3, 0.4) is 0 Å². The van der Waals surface area contributed by atoms with Crippen molar-refractivity contribution in [2.24, 2.45) is 0 Å². The van der Waals surface area contributed by atoms with Gasteiger partial charge in [-0.25, -0.2) is 9.18 Å². The van der Waals surface area contributed by atoms with Crippen molar-refractivity contribution in [2.75, 3.05) is 7.11 Å². The molecular weight excluding hydrogens is 341 g/mol. The van der Waals surface area contributed by atoms with Gasteiger partial charge in [0.2, 0.25) is 0 Å². The number of carbonyl (C=O) groups is 1. The van der Waals surface area contributed by atoms with Crippen molar-refractivity contribution in [3.63, 3.8) is 0 Å². The third kappa shape index (κ3) is 3.93. The molecule has 1 heterocycles. The topological polar surface area (TPSA) is 70.7 Å². The van der Waals surface area contributed by atoms with Crippen LogP contribution in [0.4, 0.5) is 4.39 Å². The first-order valence-electron chi connectivity index (χ1n) is 8.15. The number of methoxy groups -OCH3 is 1. The molecule has 0 spiro atoms. The molecule has 6 nitrogen and oxygen atoms in total. The minimum atomic E-state index is -0.455. The van der Waals surface area contributed by atoms with Crippen LogP contribution in [0, 0.1) is 5.82 Å². The van der Waals surface area contributed by atoms with Gasteiger partial charge in [-0.1, -0.05) is 12.1 Å². The second kappa shape index (κ2) is 7.86. The molecule has 3 rings (SSSR count). The highest BCUT2D eigenvalue weighted by atomic mass is 19.1. The molecule has 0 aliphatic heterocycles. The molecule has 0 aliphatic rings. The summed E-state index contributed by atoms with van der Waals surface area (Å²) in [6, 6.07) is 11.1. The number of fused-ring (bicyclic) bond motifs is 1. The van der Waals surface area contributed by atoms with Gasteiger partial charge in [0.15, 0.2) is 5.58 Å². The minimum Gasteiger partial charge on any atom is -0.496 e. The zero-order valence-electron chi connectivity index (χ0n) is 14.2. The summed E-state index contributed by atoms with van der Waals surface area (Å²) >= 11 is 0. The number of aromatic nitrogens is 1. The van der Waals surface area contributed by atoms with Gasteiger partial charge in [0.25, 0.3) is 0 Å². The summed E-state index contributed by atoms with van der Waals surface area (Å²) < 4.78 is 30.2. The zero-order chi connectivity index (χ0) is 18.5. The predicted molar refractivity (Wildman–Crippen MR) is 92.5 cm³/mol. The number of hydrogen-bond acceptors (Lipinski definition) is 5. The third-order valence-electron chi connectivity index (χ3n) is 3.97. The fraction of sp³-hybridized carbons (Fsp3) is 0.263.